The van der Waals surface area contributed by atoms with Crippen molar-refractivity contribution in [3.8, 4) is 12.3 Å². The number of hydrogen-bond acceptors (Lipinski definition) is 3. The molecule has 0 radical (unpaired) electrons. The molecule has 6 heteroatoms. The molecule has 0 aromatic rings. The van der Waals surface area contributed by atoms with Crippen molar-refractivity contribution in [3.63, 3.8) is 0 Å². The standard InChI is InChI=1S/C14H15Cl2FO3/c1-4-10(9(17)5-6-18)20-13(19)12-8(7-11(15)16)14(12,2)3/h1,5,7-8,10,12,18H,6H2,2-3H3/b9-5-. The van der Waals surface area contributed by atoms with E-state index in [0.29, 0.717) is 0 Å². The van der Waals surface area contributed by atoms with Gasteiger partial charge in [0.25, 0.3) is 0 Å². The van der Waals surface area contributed by atoms with Gasteiger partial charge in [-0.05, 0) is 23.5 Å². The van der Waals surface area contributed by atoms with E-state index in [0.717, 1.165) is 6.08 Å². The zero-order valence-electron chi connectivity index (χ0n) is 11.1. The lowest BCUT2D eigenvalue weighted by atomic mass is 10.1. The summed E-state index contributed by atoms with van der Waals surface area (Å²) in [5.41, 5.74) is -0.373. The zero-order valence-corrected chi connectivity index (χ0v) is 12.6. The van der Waals surface area contributed by atoms with Crippen LogP contribution in [0.3, 0.4) is 0 Å². The molecule has 1 aliphatic rings. The number of rotatable bonds is 5. The zero-order chi connectivity index (χ0) is 15.5. The van der Waals surface area contributed by atoms with Crippen molar-refractivity contribution in [1.29, 1.82) is 0 Å². The minimum Gasteiger partial charge on any atom is -0.441 e. The first-order valence-electron chi connectivity index (χ1n) is 5.91. The first-order chi connectivity index (χ1) is 9.25. The molecule has 0 spiro atoms. The van der Waals surface area contributed by atoms with Gasteiger partial charge in [0, 0.05) is 0 Å². The number of aliphatic hydroxyl groups excluding tert-OH is 1. The molecule has 3 unspecified atom stereocenters. The maximum absolute atomic E-state index is 13.4. The molecule has 0 heterocycles. The van der Waals surface area contributed by atoms with E-state index in [1.54, 1.807) is 6.08 Å². The van der Waals surface area contributed by atoms with Crippen LogP contribution in [0.15, 0.2) is 22.5 Å². The van der Waals surface area contributed by atoms with Crippen LogP contribution < -0.4 is 0 Å². The van der Waals surface area contributed by atoms with Gasteiger partial charge in [-0.2, -0.15) is 0 Å². The smallest absolute Gasteiger partial charge is 0.311 e. The topological polar surface area (TPSA) is 46.5 Å². The van der Waals surface area contributed by atoms with Gasteiger partial charge in [-0.1, -0.05) is 43.0 Å². The fourth-order valence-electron chi connectivity index (χ4n) is 2.13. The van der Waals surface area contributed by atoms with E-state index in [1.807, 2.05) is 19.8 Å². The fourth-order valence-corrected chi connectivity index (χ4v) is 2.40. The minimum absolute atomic E-state index is 0.0678. The highest BCUT2D eigenvalue weighted by Gasteiger charge is 2.62. The van der Waals surface area contributed by atoms with Crippen molar-refractivity contribution in [2.24, 2.45) is 17.3 Å². The van der Waals surface area contributed by atoms with Crippen LogP contribution in [0.25, 0.3) is 0 Å². The molecule has 1 N–H and O–H groups in total. The van der Waals surface area contributed by atoms with Gasteiger partial charge in [0.15, 0.2) is 5.83 Å². The van der Waals surface area contributed by atoms with Gasteiger partial charge in [-0.15, -0.1) is 6.42 Å². The van der Waals surface area contributed by atoms with Crippen molar-refractivity contribution in [2.75, 3.05) is 6.61 Å². The van der Waals surface area contributed by atoms with Gasteiger partial charge in [0.05, 0.1) is 12.5 Å². The maximum atomic E-state index is 13.4. The lowest BCUT2D eigenvalue weighted by Gasteiger charge is -2.11. The predicted molar refractivity (Wildman–Crippen MR) is 75.5 cm³/mol. The Balaban J connectivity index is 2.76. The Morgan fingerprint density at radius 3 is 2.65 bits per heavy atom. The van der Waals surface area contributed by atoms with Crippen molar-refractivity contribution in [3.05, 3.63) is 22.5 Å². The summed E-state index contributed by atoms with van der Waals surface area (Å²) in [7, 11) is 0. The van der Waals surface area contributed by atoms with Crippen molar-refractivity contribution in [1.82, 2.24) is 0 Å². The number of ether oxygens (including phenoxy) is 1. The minimum atomic E-state index is -1.43. The first-order valence-corrected chi connectivity index (χ1v) is 6.67. The van der Waals surface area contributed by atoms with Gasteiger partial charge in [-0.25, -0.2) is 4.39 Å². The molecular weight excluding hydrogens is 306 g/mol. The largest absolute Gasteiger partial charge is 0.441 e. The van der Waals surface area contributed by atoms with Crippen LogP contribution in [0, 0.1) is 29.6 Å². The lowest BCUT2D eigenvalue weighted by molar-refractivity contribution is -0.148. The molecule has 0 aliphatic heterocycles. The third kappa shape index (κ3) is 3.76. The van der Waals surface area contributed by atoms with Crippen LogP contribution >= 0.6 is 23.2 Å². The molecular formula is C14H15Cl2FO3. The number of esters is 1. The van der Waals surface area contributed by atoms with E-state index < -0.39 is 30.4 Å². The van der Waals surface area contributed by atoms with Gasteiger partial charge >= 0.3 is 5.97 Å². The number of allylic oxidation sites excluding steroid dienone is 1. The summed E-state index contributed by atoms with van der Waals surface area (Å²) in [6.45, 7) is 3.17. The Kier molecular flexibility index (Phi) is 5.64. The monoisotopic (exact) mass is 320 g/mol. The van der Waals surface area contributed by atoms with Crippen molar-refractivity contribution < 1.29 is 19.0 Å². The lowest BCUT2D eigenvalue weighted by Crippen LogP contribution is -2.20. The highest BCUT2D eigenvalue weighted by Crippen LogP contribution is 2.60. The molecule has 0 aromatic heterocycles. The molecule has 0 saturated heterocycles. The highest BCUT2D eigenvalue weighted by molar-refractivity contribution is 6.55. The Morgan fingerprint density at radius 1 is 1.60 bits per heavy atom. The number of aliphatic hydroxyl groups is 1. The second kappa shape index (κ2) is 6.62. The van der Waals surface area contributed by atoms with Gasteiger partial charge in [0.1, 0.15) is 4.49 Å². The molecule has 0 aromatic carbocycles. The van der Waals surface area contributed by atoms with Gasteiger partial charge in [-0.3, -0.25) is 4.79 Å². The molecule has 110 valence electrons. The van der Waals surface area contributed by atoms with Crippen LogP contribution in [0.2, 0.25) is 0 Å². The third-order valence-corrected chi connectivity index (χ3v) is 3.64. The van der Waals surface area contributed by atoms with E-state index in [9.17, 15) is 9.18 Å². The molecule has 1 rings (SSSR count). The molecule has 1 fully saturated rings. The van der Waals surface area contributed by atoms with E-state index in [1.165, 1.54) is 0 Å². The van der Waals surface area contributed by atoms with E-state index in [-0.39, 0.29) is 15.8 Å². The summed E-state index contributed by atoms with van der Waals surface area (Å²) in [6, 6.07) is 0. The molecule has 0 amide bonds. The SMILES string of the molecule is C#CC(OC(=O)C1C(C=C(Cl)Cl)C1(C)C)/C(F)=C/CO. The van der Waals surface area contributed by atoms with Gasteiger partial charge < -0.3 is 9.84 Å². The average Bonchev–Trinajstić information content (AvgIpc) is 2.86. The summed E-state index contributed by atoms with van der Waals surface area (Å²) in [5, 5.41) is 8.60. The number of halogens is 3. The van der Waals surface area contributed by atoms with Crippen molar-refractivity contribution in [2.45, 2.75) is 20.0 Å². The van der Waals surface area contributed by atoms with E-state index >= 15 is 0 Å². The second-order valence-corrected chi connectivity index (χ2v) is 6.04. The summed E-state index contributed by atoms with van der Waals surface area (Å²) in [5.74, 6) is -0.125. The first kappa shape index (κ1) is 17.0. The summed E-state index contributed by atoms with van der Waals surface area (Å²) >= 11 is 11.2. The van der Waals surface area contributed by atoms with Crippen molar-refractivity contribution >= 4 is 29.2 Å². The Hall–Kier alpha value is -1.02. The predicted octanol–water partition coefficient (Wildman–Crippen LogP) is 2.97. The average molecular weight is 321 g/mol. The van der Waals surface area contributed by atoms with Crippen LogP contribution in [0.5, 0.6) is 0 Å². The summed E-state index contributed by atoms with van der Waals surface area (Å²) in [6.07, 6.45) is 6.09. The summed E-state index contributed by atoms with van der Waals surface area (Å²) in [4.78, 5) is 12.0. The molecule has 20 heavy (non-hydrogen) atoms. The Morgan fingerprint density at radius 2 is 2.20 bits per heavy atom. The van der Waals surface area contributed by atoms with Crippen LogP contribution in [-0.4, -0.2) is 23.8 Å². The number of hydrogen-bond donors (Lipinski definition) is 1. The fraction of sp³-hybridized carbons (Fsp3) is 0.500. The van der Waals surface area contributed by atoms with Gasteiger partial charge in [0.2, 0.25) is 6.10 Å². The number of carbonyl (C=O) groups excluding carboxylic acids is 1. The van der Waals surface area contributed by atoms with Crippen LogP contribution in [0.4, 0.5) is 4.39 Å². The normalized spacial score (nSPS) is 25.4. The molecule has 3 nitrogen and oxygen atoms in total. The maximum Gasteiger partial charge on any atom is 0.311 e. The molecule has 1 saturated carbocycles. The second-order valence-electron chi connectivity index (χ2n) is 5.04. The Labute approximate surface area is 127 Å². The third-order valence-electron chi connectivity index (χ3n) is 3.39. The number of carbonyl (C=O) groups is 1. The van der Waals surface area contributed by atoms with E-state index in [2.05, 4.69) is 0 Å². The quantitative estimate of drug-likeness (QED) is 0.625. The van der Waals surface area contributed by atoms with E-state index in [4.69, 9.17) is 39.5 Å². The molecule has 3 atom stereocenters. The number of terminal acetylenes is 1. The summed E-state index contributed by atoms with van der Waals surface area (Å²) < 4.78 is 18.4. The highest BCUT2D eigenvalue weighted by atomic mass is 35.5. The molecule has 1 aliphatic carbocycles. The van der Waals surface area contributed by atoms with Crippen LogP contribution in [0.1, 0.15) is 13.8 Å². The Bertz CT molecular complexity index is 487. The van der Waals surface area contributed by atoms with Crippen LogP contribution in [-0.2, 0) is 9.53 Å². The molecule has 0 bridgehead atoms.